The number of nitrogens with zero attached hydrogens (tertiary/aromatic N) is 2. The number of anilines is 1. The zero-order valence-electron chi connectivity index (χ0n) is 13.1. The Hall–Kier alpha value is -2.93. The summed E-state index contributed by atoms with van der Waals surface area (Å²) in [5.74, 6) is -0.477. The minimum atomic E-state index is -0.904. The van der Waals surface area contributed by atoms with E-state index in [1.165, 1.54) is 0 Å². The Morgan fingerprint density at radius 1 is 1.20 bits per heavy atom. The number of amides is 4. The molecule has 1 atom stereocenters. The van der Waals surface area contributed by atoms with Crippen LogP contribution in [0.2, 0.25) is 5.02 Å². The van der Waals surface area contributed by atoms with Crippen molar-refractivity contribution in [2.45, 2.75) is 19.0 Å². The van der Waals surface area contributed by atoms with E-state index in [1.807, 2.05) is 0 Å². The molecule has 128 valence electrons. The number of halogens is 1. The van der Waals surface area contributed by atoms with Crippen molar-refractivity contribution in [2.75, 3.05) is 5.32 Å². The van der Waals surface area contributed by atoms with Gasteiger partial charge in [0.15, 0.2) is 0 Å². The molecule has 1 aromatic heterocycles. The second kappa shape index (κ2) is 7.31. The van der Waals surface area contributed by atoms with Crippen LogP contribution in [-0.2, 0) is 16.1 Å². The molecule has 25 heavy (non-hydrogen) atoms. The molecule has 1 saturated heterocycles. The molecule has 2 N–H and O–H groups in total. The average molecular weight is 359 g/mol. The Labute approximate surface area is 149 Å². The van der Waals surface area contributed by atoms with Crippen molar-refractivity contribution in [3.05, 3.63) is 59.2 Å². The van der Waals surface area contributed by atoms with Gasteiger partial charge < -0.3 is 10.6 Å². The Kier molecular flexibility index (Phi) is 4.95. The van der Waals surface area contributed by atoms with Gasteiger partial charge in [-0.2, -0.15) is 0 Å². The van der Waals surface area contributed by atoms with Gasteiger partial charge in [0.1, 0.15) is 11.9 Å². The average Bonchev–Trinajstić information content (AvgIpc) is 2.85. The number of carbonyl (C=O) groups excluding carboxylic acids is 3. The molecule has 1 fully saturated rings. The molecular formula is C17H15ClN4O3. The molecule has 1 aliphatic heterocycles. The van der Waals surface area contributed by atoms with E-state index in [9.17, 15) is 14.4 Å². The molecule has 0 aliphatic carbocycles. The third-order valence-corrected chi connectivity index (χ3v) is 4.08. The molecule has 0 unspecified atom stereocenters. The summed E-state index contributed by atoms with van der Waals surface area (Å²) in [6.07, 6.45) is 1.38. The molecule has 0 bridgehead atoms. The number of pyridine rings is 1. The maximum absolute atomic E-state index is 12.4. The van der Waals surface area contributed by atoms with Gasteiger partial charge in [-0.3, -0.25) is 14.5 Å². The van der Waals surface area contributed by atoms with E-state index < -0.39 is 23.9 Å². The first-order chi connectivity index (χ1) is 12.0. The van der Waals surface area contributed by atoms with Gasteiger partial charge in [-0.05, 0) is 23.8 Å². The molecule has 8 heteroatoms. The first-order valence-electron chi connectivity index (χ1n) is 7.61. The third kappa shape index (κ3) is 3.95. The maximum atomic E-state index is 12.4. The lowest BCUT2D eigenvalue weighted by atomic mass is 10.1. The number of nitrogens with one attached hydrogen (secondary N) is 2. The van der Waals surface area contributed by atoms with E-state index >= 15 is 0 Å². The molecule has 1 aromatic carbocycles. The molecule has 0 spiro atoms. The monoisotopic (exact) mass is 358 g/mol. The molecule has 7 nitrogen and oxygen atoms in total. The summed E-state index contributed by atoms with van der Waals surface area (Å²) >= 11 is 6.07. The molecular weight excluding hydrogens is 344 g/mol. The summed E-state index contributed by atoms with van der Waals surface area (Å²) in [7, 11) is 0. The number of rotatable bonds is 5. The van der Waals surface area contributed by atoms with Crippen LogP contribution in [0.5, 0.6) is 0 Å². The SMILES string of the molecule is O=C(C[C@@H]1NC(=O)N(Cc2ccccc2Cl)C1=O)Nc1ccccn1. The first-order valence-corrected chi connectivity index (χ1v) is 7.98. The highest BCUT2D eigenvalue weighted by Crippen LogP contribution is 2.20. The number of imide groups is 1. The van der Waals surface area contributed by atoms with Gasteiger partial charge >= 0.3 is 6.03 Å². The third-order valence-electron chi connectivity index (χ3n) is 3.72. The van der Waals surface area contributed by atoms with Crippen molar-refractivity contribution in [3.63, 3.8) is 0 Å². The van der Waals surface area contributed by atoms with Crippen LogP contribution in [0.3, 0.4) is 0 Å². The minimum absolute atomic E-state index is 0.0582. The van der Waals surface area contributed by atoms with Crippen LogP contribution in [0, 0.1) is 0 Å². The lowest BCUT2D eigenvalue weighted by Crippen LogP contribution is -2.34. The van der Waals surface area contributed by atoms with Gasteiger partial charge in [-0.25, -0.2) is 9.78 Å². The summed E-state index contributed by atoms with van der Waals surface area (Å²) in [5, 5.41) is 5.58. The van der Waals surface area contributed by atoms with Gasteiger partial charge in [0, 0.05) is 11.2 Å². The lowest BCUT2D eigenvalue weighted by Gasteiger charge is -2.14. The van der Waals surface area contributed by atoms with Crippen molar-refractivity contribution in [1.29, 1.82) is 0 Å². The zero-order chi connectivity index (χ0) is 17.8. The molecule has 2 heterocycles. The number of carbonyl (C=O) groups is 3. The number of hydrogen-bond acceptors (Lipinski definition) is 4. The minimum Gasteiger partial charge on any atom is -0.325 e. The first kappa shape index (κ1) is 16.9. The predicted molar refractivity (Wildman–Crippen MR) is 91.8 cm³/mol. The van der Waals surface area contributed by atoms with Crippen molar-refractivity contribution in [3.8, 4) is 0 Å². The highest BCUT2D eigenvalue weighted by atomic mass is 35.5. The predicted octanol–water partition coefficient (Wildman–Crippen LogP) is 2.18. The Bertz CT molecular complexity index is 813. The molecule has 2 aromatic rings. The number of urea groups is 1. The van der Waals surface area contributed by atoms with Crippen molar-refractivity contribution >= 4 is 35.3 Å². The lowest BCUT2D eigenvalue weighted by molar-refractivity contribution is -0.130. The van der Waals surface area contributed by atoms with E-state index in [0.717, 1.165) is 4.90 Å². The summed E-state index contributed by atoms with van der Waals surface area (Å²) in [6, 6.07) is 10.6. The normalized spacial score (nSPS) is 16.7. The standard InChI is InChI=1S/C17H15ClN4O3/c18-12-6-2-1-5-11(12)10-22-16(24)13(20-17(22)25)9-15(23)21-14-7-3-4-8-19-14/h1-8,13H,9-10H2,(H,20,25)(H,19,21,23)/t13-/m0/s1. The van der Waals surface area contributed by atoms with Crippen molar-refractivity contribution in [1.82, 2.24) is 15.2 Å². The Balaban J connectivity index is 1.63. The number of aromatic nitrogens is 1. The summed E-state index contributed by atoms with van der Waals surface area (Å²) in [5.41, 5.74) is 0.659. The van der Waals surface area contributed by atoms with Crippen LogP contribution in [0.1, 0.15) is 12.0 Å². The Morgan fingerprint density at radius 3 is 2.68 bits per heavy atom. The Morgan fingerprint density at radius 2 is 1.96 bits per heavy atom. The highest BCUT2D eigenvalue weighted by molar-refractivity contribution is 6.31. The van der Waals surface area contributed by atoms with Gasteiger partial charge in [0.2, 0.25) is 5.91 Å². The van der Waals surface area contributed by atoms with Gasteiger partial charge in [0.25, 0.3) is 5.91 Å². The summed E-state index contributed by atoms with van der Waals surface area (Å²) in [6.45, 7) is 0.0582. The second-order valence-corrected chi connectivity index (χ2v) is 5.89. The number of hydrogen-bond donors (Lipinski definition) is 2. The fraction of sp³-hybridized carbons (Fsp3) is 0.176. The molecule has 0 radical (unpaired) electrons. The van der Waals surface area contributed by atoms with Crippen LogP contribution in [0.15, 0.2) is 48.7 Å². The van der Waals surface area contributed by atoms with Gasteiger partial charge in [0.05, 0.1) is 13.0 Å². The fourth-order valence-corrected chi connectivity index (χ4v) is 2.67. The quantitative estimate of drug-likeness (QED) is 0.801. The van der Waals surface area contributed by atoms with Gasteiger partial charge in [-0.15, -0.1) is 0 Å². The van der Waals surface area contributed by atoms with E-state index in [1.54, 1.807) is 48.7 Å². The van der Waals surface area contributed by atoms with Crippen LogP contribution in [0.25, 0.3) is 0 Å². The molecule has 3 rings (SSSR count). The molecule has 4 amide bonds. The second-order valence-electron chi connectivity index (χ2n) is 5.49. The van der Waals surface area contributed by atoms with E-state index in [0.29, 0.717) is 16.4 Å². The van der Waals surface area contributed by atoms with Crippen molar-refractivity contribution in [2.24, 2.45) is 0 Å². The van der Waals surface area contributed by atoms with Crippen LogP contribution >= 0.6 is 11.6 Å². The van der Waals surface area contributed by atoms with Gasteiger partial charge in [-0.1, -0.05) is 35.9 Å². The van der Waals surface area contributed by atoms with Crippen LogP contribution in [0.4, 0.5) is 10.6 Å². The maximum Gasteiger partial charge on any atom is 0.325 e. The smallest absolute Gasteiger partial charge is 0.325 e. The van der Waals surface area contributed by atoms with E-state index in [2.05, 4.69) is 15.6 Å². The van der Waals surface area contributed by atoms with Crippen molar-refractivity contribution < 1.29 is 14.4 Å². The van der Waals surface area contributed by atoms with E-state index in [4.69, 9.17) is 11.6 Å². The van der Waals surface area contributed by atoms with Crippen LogP contribution in [-0.4, -0.2) is 33.8 Å². The molecule has 1 aliphatic rings. The van der Waals surface area contributed by atoms with E-state index in [-0.39, 0.29) is 13.0 Å². The highest BCUT2D eigenvalue weighted by Gasteiger charge is 2.39. The summed E-state index contributed by atoms with van der Waals surface area (Å²) in [4.78, 5) is 41.6. The zero-order valence-corrected chi connectivity index (χ0v) is 13.9. The fourth-order valence-electron chi connectivity index (χ4n) is 2.48. The molecule has 0 saturated carbocycles. The topological polar surface area (TPSA) is 91.4 Å². The number of benzene rings is 1. The summed E-state index contributed by atoms with van der Waals surface area (Å²) < 4.78 is 0. The van der Waals surface area contributed by atoms with Crippen LogP contribution < -0.4 is 10.6 Å². The largest absolute Gasteiger partial charge is 0.325 e.